The Balaban J connectivity index is 2.57. The van der Waals surface area contributed by atoms with Crippen LogP contribution in [-0.2, 0) is 12.0 Å². The predicted molar refractivity (Wildman–Crippen MR) is 77.0 cm³/mol. The van der Waals surface area contributed by atoms with Crippen LogP contribution in [0.2, 0.25) is 0 Å². The maximum Gasteiger partial charge on any atom is 0.138 e. The van der Waals surface area contributed by atoms with E-state index in [9.17, 15) is 0 Å². The summed E-state index contributed by atoms with van der Waals surface area (Å²) in [5.41, 5.74) is 3.71. The highest BCUT2D eigenvalue weighted by Crippen LogP contribution is 2.34. The third kappa shape index (κ3) is 2.30. The van der Waals surface area contributed by atoms with Gasteiger partial charge in [0.25, 0.3) is 0 Å². The molecule has 0 bridgehead atoms. The number of benzene rings is 1. The summed E-state index contributed by atoms with van der Waals surface area (Å²) >= 11 is 0. The monoisotopic (exact) mass is 245 g/mol. The minimum Gasteiger partial charge on any atom is -0.459 e. The van der Waals surface area contributed by atoms with Crippen molar-refractivity contribution in [3.63, 3.8) is 0 Å². The van der Waals surface area contributed by atoms with Crippen molar-refractivity contribution in [1.29, 1.82) is 0 Å². The van der Waals surface area contributed by atoms with Gasteiger partial charge >= 0.3 is 0 Å². The molecule has 0 saturated heterocycles. The minimum absolute atomic E-state index is 0.110. The molecule has 2 rings (SSSR count). The van der Waals surface area contributed by atoms with Crippen LogP contribution < -0.4 is 5.32 Å². The van der Waals surface area contributed by atoms with Crippen molar-refractivity contribution in [2.24, 2.45) is 0 Å². The van der Waals surface area contributed by atoms with Crippen LogP contribution in [0.25, 0.3) is 11.0 Å². The second kappa shape index (κ2) is 4.77. The molecular weight excluding hydrogens is 222 g/mol. The van der Waals surface area contributed by atoms with Gasteiger partial charge in [-0.3, -0.25) is 0 Å². The van der Waals surface area contributed by atoms with Gasteiger partial charge in [0, 0.05) is 10.9 Å². The summed E-state index contributed by atoms with van der Waals surface area (Å²) in [7, 11) is 0. The van der Waals surface area contributed by atoms with Gasteiger partial charge in [-0.2, -0.15) is 0 Å². The van der Waals surface area contributed by atoms with Crippen LogP contribution in [0.1, 0.15) is 44.6 Å². The molecule has 0 fully saturated rings. The summed E-state index contributed by atoms with van der Waals surface area (Å²) in [6.45, 7) is 12.7. The number of aryl methyl sites for hydroxylation is 1. The average molecular weight is 245 g/mol. The molecule has 0 saturated carbocycles. The van der Waals surface area contributed by atoms with Crippen molar-refractivity contribution in [1.82, 2.24) is 5.32 Å². The Kier molecular flexibility index (Phi) is 3.49. The van der Waals surface area contributed by atoms with E-state index in [0.717, 1.165) is 24.4 Å². The van der Waals surface area contributed by atoms with Crippen molar-refractivity contribution in [3.8, 4) is 0 Å². The number of fused-ring (bicyclic) bond motifs is 1. The molecule has 0 aliphatic carbocycles. The van der Waals surface area contributed by atoms with E-state index in [2.05, 4.69) is 58.1 Å². The first-order valence-electron chi connectivity index (χ1n) is 6.67. The Morgan fingerprint density at radius 1 is 1.22 bits per heavy atom. The number of furan rings is 1. The van der Waals surface area contributed by atoms with Crippen molar-refractivity contribution in [2.45, 2.75) is 46.6 Å². The Labute approximate surface area is 109 Å². The molecular formula is C16H23NO. The molecule has 1 heterocycles. The zero-order valence-electron chi connectivity index (χ0n) is 12.1. The normalized spacial score (nSPS) is 12.3. The molecule has 0 atom stereocenters. The molecule has 0 radical (unpaired) electrons. The van der Waals surface area contributed by atoms with Gasteiger partial charge in [0.1, 0.15) is 11.3 Å². The van der Waals surface area contributed by atoms with Crippen molar-refractivity contribution < 1.29 is 4.42 Å². The summed E-state index contributed by atoms with van der Waals surface area (Å²) < 4.78 is 6.10. The standard InChI is InChI=1S/C16H23NO/c1-6-17-10-14-11(2)12-8-7-9-13(15(12)18-14)16(3,4)5/h7-9,17H,6,10H2,1-5H3. The number of nitrogens with one attached hydrogen (secondary N) is 1. The maximum absolute atomic E-state index is 6.10. The van der Waals surface area contributed by atoms with Gasteiger partial charge in [0.2, 0.25) is 0 Å². The molecule has 1 aromatic heterocycles. The third-order valence-corrected chi connectivity index (χ3v) is 3.41. The molecule has 0 aliphatic rings. The molecule has 1 N–H and O–H groups in total. The first-order valence-corrected chi connectivity index (χ1v) is 6.67. The number of hydrogen-bond donors (Lipinski definition) is 1. The summed E-state index contributed by atoms with van der Waals surface area (Å²) in [6.07, 6.45) is 0. The van der Waals surface area contributed by atoms with E-state index < -0.39 is 0 Å². The van der Waals surface area contributed by atoms with Crippen LogP contribution in [-0.4, -0.2) is 6.54 Å². The van der Waals surface area contributed by atoms with Gasteiger partial charge in [-0.15, -0.1) is 0 Å². The summed E-state index contributed by atoms with van der Waals surface area (Å²) in [5, 5.41) is 4.58. The molecule has 1 aromatic carbocycles. The SMILES string of the molecule is CCNCc1oc2c(C(C)(C)C)cccc2c1C. The molecule has 0 spiro atoms. The zero-order chi connectivity index (χ0) is 13.3. The van der Waals surface area contributed by atoms with E-state index in [-0.39, 0.29) is 5.41 Å². The van der Waals surface area contributed by atoms with Crippen LogP contribution in [0.15, 0.2) is 22.6 Å². The van der Waals surface area contributed by atoms with Gasteiger partial charge in [0.05, 0.1) is 6.54 Å². The Bertz CT molecular complexity index is 546. The van der Waals surface area contributed by atoms with Crippen LogP contribution in [0, 0.1) is 6.92 Å². The number of para-hydroxylation sites is 1. The first kappa shape index (κ1) is 13.2. The summed E-state index contributed by atoms with van der Waals surface area (Å²) in [6, 6.07) is 6.45. The molecule has 98 valence electrons. The molecule has 0 aliphatic heterocycles. The smallest absolute Gasteiger partial charge is 0.138 e. The maximum atomic E-state index is 6.10. The minimum atomic E-state index is 0.110. The van der Waals surface area contributed by atoms with E-state index in [4.69, 9.17) is 4.42 Å². The highest BCUT2D eigenvalue weighted by molar-refractivity contribution is 5.85. The number of hydrogen-bond acceptors (Lipinski definition) is 2. The average Bonchev–Trinajstić information content (AvgIpc) is 2.62. The Morgan fingerprint density at radius 2 is 1.94 bits per heavy atom. The molecule has 2 heteroatoms. The van der Waals surface area contributed by atoms with Gasteiger partial charge < -0.3 is 9.73 Å². The van der Waals surface area contributed by atoms with Gasteiger partial charge in [0.15, 0.2) is 0 Å². The lowest BCUT2D eigenvalue weighted by Crippen LogP contribution is -2.11. The van der Waals surface area contributed by atoms with Gasteiger partial charge in [-0.25, -0.2) is 0 Å². The van der Waals surface area contributed by atoms with Crippen molar-refractivity contribution >= 4 is 11.0 Å². The van der Waals surface area contributed by atoms with E-state index in [1.807, 2.05) is 0 Å². The highest BCUT2D eigenvalue weighted by Gasteiger charge is 2.21. The quantitative estimate of drug-likeness (QED) is 0.878. The van der Waals surface area contributed by atoms with Crippen LogP contribution in [0.4, 0.5) is 0 Å². The number of rotatable bonds is 3. The fourth-order valence-electron chi connectivity index (χ4n) is 2.29. The summed E-state index contributed by atoms with van der Waals surface area (Å²) in [5.74, 6) is 1.06. The lowest BCUT2D eigenvalue weighted by molar-refractivity contribution is 0.502. The molecule has 0 amide bonds. The lowest BCUT2D eigenvalue weighted by atomic mass is 9.86. The Morgan fingerprint density at radius 3 is 2.56 bits per heavy atom. The van der Waals surface area contributed by atoms with Gasteiger partial charge in [-0.05, 0) is 24.4 Å². The second-order valence-electron chi connectivity index (χ2n) is 5.86. The largest absolute Gasteiger partial charge is 0.459 e. The zero-order valence-corrected chi connectivity index (χ0v) is 12.1. The van der Waals surface area contributed by atoms with E-state index >= 15 is 0 Å². The van der Waals surface area contributed by atoms with E-state index in [1.165, 1.54) is 16.5 Å². The Hall–Kier alpha value is -1.28. The fourth-order valence-corrected chi connectivity index (χ4v) is 2.29. The first-order chi connectivity index (χ1) is 8.45. The summed E-state index contributed by atoms with van der Waals surface area (Å²) in [4.78, 5) is 0. The van der Waals surface area contributed by atoms with Gasteiger partial charge in [-0.1, -0.05) is 45.9 Å². The molecule has 0 unspecified atom stereocenters. The van der Waals surface area contributed by atoms with Crippen molar-refractivity contribution in [2.75, 3.05) is 6.54 Å². The van der Waals surface area contributed by atoms with Crippen LogP contribution >= 0.6 is 0 Å². The predicted octanol–water partition coefficient (Wildman–Crippen LogP) is 4.15. The lowest BCUT2D eigenvalue weighted by Gasteiger charge is -2.18. The van der Waals surface area contributed by atoms with Crippen LogP contribution in [0.3, 0.4) is 0 Å². The van der Waals surface area contributed by atoms with Crippen LogP contribution in [0.5, 0.6) is 0 Å². The van der Waals surface area contributed by atoms with E-state index in [1.54, 1.807) is 0 Å². The fraction of sp³-hybridized carbons (Fsp3) is 0.500. The third-order valence-electron chi connectivity index (χ3n) is 3.41. The highest BCUT2D eigenvalue weighted by atomic mass is 16.3. The van der Waals surface area contributed by atoms with E-state index in [0.29, 0.717) is 0 Å². The second-order valence-corrected chi connectivity index (χ2v) is 5.86. The molecule has 18 heavy (non-hydrogen) atoms. The molecule has 2 aromatic rings. The van der Waals surface area contributed by atoms with Crippen molar-refractivity contribution in [3.05, 3.63) is 35.1 Å². The topological polar surface area (TPSA) is 25.2 Å². The molecule has 2 nitrogen and oxygen atoms in total.